The van der Waals surface area contributed by atoms with E-state index in [9.17, 15) is 4.79 Å². The molecule has 0 unspecified atom stereocenters. The Bertz CT molecular complexity index is 1060. The van der Waals surface area contributed by atoms with E-state index in [1.165, 1.54) is 17.6 Å². The van der Waals surface area contributed by atoms with Crippen molar-refractivity contribution in [1.82, 2.24) is 9.97 Å². The van der Waals surface area contributed by atoms with Gasteiger partial charge in [-0.05, 0) is 55.3 Å². The van der Waals surface area contributed by atoms with Crippen LogP contribution < -0.4 is 4.90 Å². The molecule has 5 nitrogen and oxygen atoms in total. The van der Waals surface area contributed by atoms with Crippen molar-refractivity contribution in [2.45, 2.75) is 20.4 Å². The van der Waals surface area contributed by atoms with Crippen LogP contribution in [0.4, 0.5) is 5.13 Å². The molecule has 0 bridgehead atoms. The molecule has 3 aromatic heterocycles. The highest BCUT2D eigenvalue weighted by Gasteiger charge is 2.24. The van der Waals surface area contributed by atoms with E-state index in [4.69, 9.17) is 9.40 Å². The normalized spacial score (nSPS) is 11.0. The molecule has 0 aliphatic rings. The second-order valence-corrected chi connectivity index (χ2v) is 7.09. The van der Waals surface area contributed by atoms with Gasteiger partial charge in [-0.3, -0.25) is 14.7 Å². The van der Waals surface area contributed by atoms with Gasteiger partial charge in [0.2, 0.25) is 0 Å². The van der Waals surface area contributed by atoms with Crippen molar-refractivity contribution < 1.29 is 9.21 Å². The minimum absolute atomic E-state index is 0.228. The number of nitrogens with zero attached hydrogens (tertiary/aromatic N) is 3. The van der Waals surface area contributed by atoms with Crippen LogP contribution >= 0.6 is 11.3 Å². The summed E-state index contributed by atoms with van der Waals surface area (Å²) in [6.45, 7) is 4.44. The Hall–Kier alpha value is -2.99. The predicted molar refractivity (Wildman–Crippen MR) is 103 cm³/mol. The van der Waals surface area contributed by atoms with Gasteiger partial charge in [-0.2, -0.15) is 0 Å². The van der Waals surface area contributed by atoms with Gasteiger partial charge < -0.3 is 4.42 Å². The Morgan fingerprint density at radius 1 is 1.19 bits per heavy atom. The average Bonchev–Trinajstić information content (AvgIpc) is 3.29. The molecule has 0 spiro atoms. The fourth-order valence-corrected chi connectivity index (χ4v) is 3.91. The summed E-state index contributed by atoms with van der Waals surface area (Å²) in [6.07, 6.45) is 3.22. The number of rotatable bonds is 4. The molecule has 1 aromatic carbocycles. The van der Waals surface area contributed by atoms with Crippen molar-refractivity contribution in [2.24, 2.45) is 0 Å². The molecule has 4 aromatic rings. The first kappa shape index (κ1) is 16.5. The summed E-state index contributed by atoms with van der Waals surface area (Å²) >= 11 is 1.51. The van der Waals surface area contributed by atoms with Crippen molar-refractivity contribution in [3.8, 4) is 0 Å². The van der Waals surface area contributed by atoms with E-state index in [2.05, 4.69) is 18.0 Å². The third-order valence-electron chi connectivity index (χ3n) is 4.06. The van der Waals surface area contributed by atoms with Gasteiger partial charge in [0, 0.05) is 6.20 Å². The van der Waals surface area contributed by atoms with Gasteiger partial charge in [0.05, 0.1) is 28.7 Å². The average molecular weight is 363 g/mol. The maximum atomic E-state index is 13.0. The fraction of sp³-hybridized carbons (Fsp3) is 0.150. The van der Waals surface area contributed by atoms with Crippen LogP contribution in [0.25, 0.3) is 10.2 Å². The van der Waals surface area contributed by atoms with E-state index in [-0.39, 0.29) is 11.7 Å². The minimum atomic E-state index is -0.228. The number of fused-ring (bicyclic) bond motifs is 1. The number of furan rings is 1. The predicted octanol–water partition coefficient (Wildman–Crippen LogP) is 4.75. The number of amides is 1. The van der Waals surface area contributed by atoms with Crippen LogP contribution in [0.3, 0.4) is 0 Å². The first-order chi connectivity index (χ1) is 12.6. The number of benzene rings is 1. The first-order valence-corrected chi connectivity index (χ1v) is 9.06. The lowest BCUT2D eigenvalue weighted by Crippen LogP contribution is -2.30. The Morgan fingerprint density at radius 3 is 2.81 bits per heavy atom. The Labute approximate surface area is 154 Å². The van der Waals surface area contributed by atoms with Gasteiger partial charge in [0.1, 0.15) is 0 Å². The monoisotopic (exact) mass is 363 g/mol. The maximum absolute atomic E-state index is 13.0. The van der Waals surface area contributed by atoms with E-state index in [1.54, 1.807) is 23.2 Å². The summed E-state index contributed by atoms with van der Waals surface area (Å²) < 4.78 is 6.40. The van der Waals surface area contributed by atoms with E-state index in [1.807, 2.05) is 31.2 Å². The van der Waals surface area contributed by atoms with Gasteiger partial charge in [0.15, 0.2) is 10.9 Å². The maximum Gasteiger partial charge on any atom is 0.296 e. The highest BCUT2D eigenvalue weighted by Crippen LogP contribution is 2.33. The highest BCUT2D eigenvalue weighted by molar-refractivity contribution is 7.22. The van der Waals surface area contributed by atoms with E-state index in [0.29, 0.717) is 11.7 Å². The zero-order valence-corrected chi connectivity index (χ0v) is 15.3. The number of carbonyl (C=O) groups excluding carboxylic acids is 1. The number of anilines is 1. The number of pyridine rings is 1. The molecule has 0 aliphatic heterocycles. The smallest absolute Gasteiger partial charge is 0.296 e. The molecule has 0 N–H and O–H groups in total. The quantitative estimate of drug-likeness (QED) is 0.525. The highest BCUT2D eigenvalue weighted by atomic mass is 32.1. The van der Waals surface area contributed by atoms with Crippen molar-refractivity contribution in [1.29, 1.82) is 0 Å². The minimum Gasteiger partial charge on any atom is -0.459 e. The van der Waals surface area contributed by atoms with Crippen LogP contribution in [0.15, 0.2) is 59.3 Å². The van der Waals surface area contributed by atoms with E-state index in [0.717, 1.165) is 27.0 Å². The van der Waals surface area contributed by atoms with Crippen molar-refractivity contribution in [2.75, 3.05) is 4.90 Å². The molecule has 1 amide bonds. The van der Waals surface area contributed by atoms with Crippen molar-refractivity contribution in [3.63, 3.8) is 0 Å². The number of hydrogen-bond donors (Lipinski definition) is 0. The van der Waals surface area contributed by atoms with Gasteiger partial charge in [0.25, 0.3) is 5.91 Å². The molecule has 4 rings (SSSR count). The summed E-state index contributed by atoms with van der Waals surface area (Å²) in [5.41, 5.74) is 4.01. The lowest BCUT2D eigenvalue weighted by molar-refractivity contribution is 0.0958. The second kappa shape index (κ2) is 6.72. The largest absolute Gasteiger partial charge is 0.459 e. The third kappa shape index (κ3) is 3.11. The van der Waals surface area contributed by atoms with Crippen LogP contribution in [0.5, 0.6) is 0 Å². The molecule has 6 heteroatoms. The summed E-state index contributed by atoms with van der Waals surface area (Å²) in [7, 11) is 0. The number of hydrogen-bond acceptors (Lipinski definition) is 5. The summed E-state index contributed by atoms with van der Waals surface area (Å²) in [6, 6.07) is 13.2. The molecular weight excluding hydrogens is 346 g/mol. The van der Waals surface area contributed by atoms with Crippen molar-refractivity contribution >= 4 is 32.6 Å². The Kier molecular flexibility index (Phi) is 4.26. The van der Waals surface area contributed by atoms with Crippen LogP contribution in [0.1, 0.15) is 27.4 Å². The molecule has 0 saturated carbocycles. The van der Waals surface area contributed by atoms with Crippen LogP contribution in [-0.2, 0) is 6.54 Å². The van der Waals surface area contributed by atoms with Crippen LogP contribution in [-0.4, -0.2) is 15.9 Å². The molecule has 0 aliphatic carbocycles. The molecular formula is C20H17N3O2S. The van der Waals surface area contributed by atoms with Gasteiger partial charge in [-0.1, -0.05) is 23.5 Å². The molecule has 130 valence electrons. The second-order valence-electron chi connectivity index (χ2n) is 6.12. The molecule has 3 heterocycles. The van der Waals surface area contributed by atoms with E-state index >= 15 is 0 Å². The number of thiazole rings is 1. The standard InChI is InChI=1S/C20H17N3O2S/c1-13-10-14(2)18-16(11-13)22-20(26-18)23(12-15-6-3-4-8-21-15)19(24)17-7-5-9-25-17/h3-11H,12H2,1-2H3. The molecule has 0 fully saturated rings. The van der Waals surface area contributed by atoms with Crippen LogP contribution in [0, 0.1) is 13.8 Å². The zero-order valence-electron chi connectivity index (χ0n) is 14.5. The number of aryl methyl sites for hydroxylation is 2. The van der Waals surface area contributed by atoms with Crippen molar-refractivity contribution in [3.05, 3.63) is 77.5 Å². The lowest BCUT2D eigenvalue weighted by atomic mass is 10.1. The summed E-state index contributed by atoms with van der Waals surface area (Å²) in [4.78, 5) is 23.7. The molecule has 0 atom stereocenters. The summed E-state index contributed by atoms with van der Waals surface area (Å²) in [5.74, 6) is 0.0576. The number of carbonyl (C=O) groups is 1. The third-order valence-corrected chi connectivity index (χ3v) is 5.29. The number of aromatic nitrogens is 2. The lowest BCUT2D eigenvalue weighted by Gasteiger charge is -2.18. The van der Waals surface area contributed by atoms with Gasteiger partial charge >= 0.3 is 0 Å². The molecule has 0 radical (unpaired) electrons. The first-order valence-electron chi connectivity index (χ1n) is 8.25. The molecule has 26 heavy (non-hydrogen) atoms. The van der Waals surface area contributed by atoms with Crippen LogP contribution in [0.2, 0.25) is 0 Å². The zero-order chi connectivity index (χ0) is 18.1. The Balaban J connectivity index is 1.79. The fourth-order valence-electron chi connectivity index (χ4n) is 2.89. The van der Waals surface area contributed by atoms with E-state index < -0.39 is 0 Å². The van der Waals surface area contributed by atoms with Gasteiger partial charge in [-0.15, -0.1) is 0 Å². The van der Waals surface area contributed by atoms with Gasteiger partial charge in [-0.25, -0.2) is 4.98 Å². The Morgan fingerprint density at radius 2 is 2.08 bits per heavy atom. The summed E-state index contributed by atoms with van der Waals surface area (Å²) in [5, 5.41) is 0.640. The SMILES string of the molecule is Cc1cc(C)c2sc(N(Cc3ccccn3)C(=O)c3ccco3)nc2c1. The topological polar surface area (TPSA) is 59.2 Å². The molecule has 0 saturated heterocycles.